The number of rotatable bonds is 1. The van der Waals surface area contributed by atoms with Gasteiger partial charge in [0.25, 0.3) is 0 Å². The lowest BCUT2D eigenvalue weighted by Crippen LogP contribution is -2.50. The monoisotopic (exact) mass is 261 g/mol. The van der Waals surface area contributed by atoms with Gasteiger partial charge in [-0.05, 0) is 51.3 Å². The van der Waals surface area contributed by atoms with E-state index in [1.165, 1.54) is 16.7 Å². The lowest BCUT2D eigenvalue weighted by atomic mass is 9.90. The first-order valence-corrected chi connectivity index (χ1v) is 6.81. The summed E-state index contributed by atoms with van der Waals surface area (Å²) >= 11 is 0. The molecule has 1 saturated heterocycles. The molecule has 3 nitrogen and oxygen atoms in total. The van der Waals surface area contributed by atoms with Gasteiger partial charge in [0.2, 0.25) is 0 Å². The molecule has 0 radical (unpaired) electrons. The number of amides is 1. The van der Waals surface area contributed by atoms with Crippen LogP contribution in [0.4, 0.5) is 4.79 Å². The summed E-state index contributed by atoms with van der Waals surface area (Å²) < 4.78 is 5.36. The van der Waals surface area contributed by atoms with Gasteiger partial charge in [-0.1, -0.05) is 18.2 Å². The minimum absolute atomic E-state index is 0.201. The van der Waals surface area contributed by atoms with Crippen molar-refractivity contribution < 1.29 is 9.53 Å². The van der Waals surface area contributed by atoms with E-state index in [1.807, 2.05) is 20.8 Å². The highest BCUT2D eigenvalue weighted by atomic mass is 16.6. The molecule has 1 heterocycles. The number of carbonyl (C=O) groups is 1. The Hall–Kier alpha value is -1.51. The Morgan fingerprint density at radius 2 is 1.84 bits per heavy atom. The van der Waals surface area contributed by atoms with Crippen molar-refractivity contribution in [2.45, 2.75) is 46.1 Å². The predicted octanol–water partition coefficient (Wildman–Crippen LogP) is 3.64. The first-order chi connectivity index (χ1) is 8.76. The third-order valence-corrected chi connectivity index (χ3v) is 3.54. The molecule has 0 unspecified atom stereocenters. The van der Waals surface area contributed by atoms with Crippen LogP contribution < -0.4 is 0 Å². The van der Waals surface area contributed by atoms with Gasteiger partial charge in [0.15, 0.2) is 0 Å². The predicted molar refractivity (Wildman–Crippen MR) is 76.5 cm³/mol. The van der Waals surface area contributed by atoms with Crippen molar-refractivity contribution in [1.29, 1.82) is 0 Å². The standard InChI is InChI=1S/C16H23NO2/c1-11-6-7-13(8-12(11)2)14-9-17(10-14)15(18)19-16(3,4)5/h6-8,14H,9-10H2,1-5H3. The molecule has 0 aliphatic carbocycles. The van der Waals surface area contributed by atoms with Crippen LogP contribution in [0.25, 0.3) is 0 Å². The second kappa shape index (κ2) is 4.87. The molecular formula is C16H23NO2. The van der Waals surface area contributed by atoms with E-state index in [9.17, 15) is 4.79 Å². The maximum atomic E-state index is 11.8. The second-order valence-electron chi connectivity index (χ2n) is 6.43. The molecule has 1 aliphatic heterocycles. The summed E-state index contributed by atoms with van der Waals surface area (Å²) in [4.78, 5) is 13.6. The number of nitrogens with zero attached hydrogens (tertiary/aromatic N) is 1. The number of likely N-dealkylation sites (tertiary alicyclic amines) is 1. The van der Waals surface area contributed by atoms with Gasteiger partial charge in [0.1, 0.15) is 5.60 Å². The van der Waals surface area contributed by atoms with Crippen LogP contribution in [0.5, 0.6) is 0 Å². The van der Waals surface area contributed by atoms with Gasteiger partial charge < -0.3 is 9.64 Å². The molecule has 1 aliphatic rings. The molecule has 1 amide bonds. The molecule has 0 N–H and O–H groups in total. The Morgan fingerprint density at radius 3 is 2.37 bits per heavy atom. The van der Waals surface area contributed by atoms with Crippen LogP contribution in [0.1, 0.15) is 43.4 Å². The number of carbonyl (C=O) groups excluding carboxylic acids is 1. The highest BCUT2D eigenvalue weighted by Crippen LogP contribution is 2.29. The molecule has 0 aromatic heterocycles. The number of ether oxygens (including phenoxy) is 1. The summed E-state index contributed by atoms with van der Waals surface area (Å²) in [5.41, 5.74) is 3.53. The summed E-state index contributed by atoms with van der Waals surface area (Å²) in [6, 6.07) is 6.55. The Morgan fingerprint density at radius 1 is 1.21 bits per heavy atom. The Bertz CT molecular complexity index is 482. The molecule has 1 aromatic carbocycles. The van der Waals surface area contributed by atoms with Crippen molar-refractivity contribution in [2.24, 2.45) is 0 Å². The van der Waals surface area contributed by atoms with Gasteiger partial charge in [0.05, 0.1) is 0 Å². The summed E-state index contributed by atoms with van der Waals surface area (Å²) in [6.45, 7) is 11.5. The number of benzene rings is 1. The second-order valence-corrected chi connectivity index (χ2v) is 6.43. The van der Waals surface area contributed by atoms with E-state index in [0.717, 1.165) is 13.1 Å². The molecule has 1 fully saturated rings. The van der Waals surface area contributed by atoms with Crippen molar-refractivity contribution >= 4 is 6.09 Å². The zero-order valence-corrected chi connectivity index (χ0v) is 12.5. The zero-order valence-electron chi connectivity index (χ0n) is 12.5. The number of aryl methyl sites for hydroxylation is 2. The van der Waals surface area contributed by atoms with Crippen LogP contribution in [0, 0.1) is 13.8 Å². The smallest absolute Gasteiger partial charge is 0.410 e. The maximum absolute atomic E-state index is 11.8. The molecule has 0 bridgehead atoms. The Labute approximate surface area is 115 Å². The molecule has 2 rings (SSSR count). The van der Waals surface area contributed by atoms with Crippen LogP contribution in [-0.2, 0) is 4.74 Å². The average molecular weight is 261 g/mol. The van der Waals surface area contributed by atoms with E-state index in [0.29, 0.717) is 5.92 Å². The van der Waals surface area contributed by atoms with Gasteiger partial charge in [-0.15, -0.1) is 0 Å². The topological polar surface area (TPSA) is 29.5 Å². The molecule has 0 saturated carbocycles. The third-order valence-electron chi connectivity index (χ3n) is 3.54. The van der Waals surface area contributed by atoms with E-state index < -0.39 is 5.60 Å². The van der Waals surface area contributed by atoms with Crippen LogP contribution in [0.15, 0.2) is 18.2 Å². The fourth-order valence-electron chi connectivity index (χ4n) is 2.18. The summed E-state index contributed by atoms with van der Waals surface area (Å²) in [6.07, 6.45) is -0.201. The molecule has 19 heavy (non-hydrogen) atoms. The van der Waals surface area contributed by atoms with Crippen molar-refractivity contribution in [3.63, 3.8) is 0 Å². The quantitative estimate of drug-likeness (QED) is 0.772. The van der Waals surface area contributed by atoms with Crippen molar-refractivity contribution in [1.82, 2.24) is 4.90 Å². The molecule has 104 valence electrons. The van der Waals surface area contributed by atoms with Crippen LogP contribution in [0.2, 0.25) is 0 Å². The maximum Gasteiger partial charge on any atom is 0.410 e. The van der Waals surface area contributed by atoms with E-state index >= 15 is 0 Å². The van der Waals surface area contributed by atoms with Gasteiger partial charge in [-0.3, -0.25) is 0 Å². The van der Waals surface area contributed by atoms with Gasteiger partial charge in [-0.2, -0.15) is 0 Å². The van der Waals surface area contributed by atoms with Gasteiger partial charge in [0, 0.05) is 19.0 Å². The number of hydrogen-bond acceptors (Lipinski definition) is 2. The SMILES string of the molecule is Cc1ccc(C2CN(C(=O)OC(C)(C)C)C2)cc1C. The minimum Gasteiger partial charge on any atom is -0.444 e. The largest absolute Gasteiger partial charge is 0.444 e. The fraction of sp³-hybridized carbons (Fsp3) is 0.562. The first-order valence-electron chi connectivity index (χ1n) is 6.81. The first kappa shape index (κ1) is 13.9. The average Bonchev–Trinajstić information content (AvgIpc) is 2.18. The highest BCUT2D eigenvalue weighted by Gasteiger charge is 2.34. The Balaban J connectivity index is 1.92. The molecule has 3 heteroatoms. The number of hydrogen-bond donors (Lipinski definition) is 0. The fourth-order valence-corrected chi connectivity index (χ4v) is 2.18. The Kier molecular flexibility index (Phi) is 3.57. The highest BCUT2D eigenvalue weighted by molar-refractivity contribution is 5.69. The van der Waals surface area contributed by atoms with Gasteiger partial charge >= 0.3 is 6.09 Å². The van der Waals surface area contributed by atoms with Crippen LogP contribution in [-0.4, -0.2) is 29.7 Å². The van der Waals surface area contributed by atoms with Crippen LogP contribution in [0.3, 0.4) is 0 Å². The van der Waals surface area contributed by atoms with Crippen molar-refractivity contribution in [3.05, 3.63) is 34.9 Å². The molecule has 1 aromatic rings. The summed E-state index contributed by atoms with van der Waals surface area (Å²) in [5, 5.41) is 0. The summed E-state index contributed by atoms with van der Waals surface area (Å²) in [7, 11) is 0. The summed E-state index contributed by atoms with van der Waals surface area (Å²) in [5.74, 6) is 0.451. The minimum atomic E-state index is -0.414. The van der Waals surface area contributed by atoms with Crippen molar-refractivity contribution in [2.75, 3.05) is 13.1 Å². The molecule has 0 spiro atoms. The van der Waals surface area contributed by atoms with E-state index in [1.54, 1.807) is 4.90 Å². The van der Waals surface area contributed by atoms with E-state index in [-0.39, 0.29) is 6.09 Å². The van der Waals surface area contributed by atoms with E-state index in [2.05, 4.69) is 32.0 Å². The van der Waals surface area contributed by atoms with Crippen molar-refractivity contribution in [3.8, 4) is 0 Å². The lowest BCUT2D eigenvalue weighted by molar-refractivity contribution is 0.00819. The van der Waals surface area contributed by atoms with E-state index in [4.69, 9.17) is 4.74 Å². The molecular weight excluding hydrogens is 238 g/mol. The van der Waals surface area contributed by atoms with Gasteiger partial charge in [-0.25, -0.2) is 4.79 Å². The zero-order chi connectivity index (χ0) is 14.2. The normalized spacial score (nSPS) is 16.2. The van der Waals surface area contributed by atoms with Crippen LogP contribution >= 0.6 is 0 Å². The third kappa shape index (κ3) is 3.28. The lowest BCUT2D eigenvalue weighted by Gasteiger charge is -2.40. The molecule has 0 atom stereocenters.